The summed E-state index contributed by atoms with van der Waals surface area (Å²) in [6.07, 6.45) is 7.15. The Kier molecular flexibility index (Phi) is 4.14. The summed E-state index contributed by atoms with van der Waals surface area (Å²) in [6, 6.07) is 1.06. The molecule has 2 atom stereocenters. The SMILES string of the molecule is O[C@H]1CCCC[C@@H]1NC1CCSCC1. The van der Waals surface area contributed by atoms with Crippen molar-refractivity contribution in [3.8, 4) is 0 Å². The van der Waals surface area contributed by atoms with Gasteiger partial charge < -0.3 is 10.4 Å². The lowest BCUT2D eigenvalue weighted by atomic mass is 9.91. The maximum atomic E-state index is 9.83. The van der Waals surface area contributed by atoms with E-state index in [1.165, 1.54) is 43.6 Å². The summed E-state index contributed by atoms with van der Waals surface area (Å²) in [5, 5.41) is 13.5. The Bertz CT molecular complexity index is 171. The molecule has 1 saturated heterocycles. The standard InChI is InChI=1S/C11H21NOS/c13-11-4-2-1-3-10(11)12-9-5-7-14-8-6-9/h9-13H,1-8H2/t10-,11-/m0/s1. The first-order valence-electron chi connectivity index (χ1n) is 5.88. The molecule has 0 spiro atoms. The van der Waals surface area contributed by atoms with E-state index in [2.05, 4.69) is 17.1 Å². The largest absolute Gasteiger partial charge is 0.392 e. The molecule has 2 fully saturated rings. The van der Waals surface area contributed by atoms with Crippen molar-refractivity contribution in [2.45, 2.75) is 56.7 Å². The van der Waals surface area contributed by atoms with Crippen molar-refractivity contribution in [3.05, 3.63) is 0 Å². The molecule has 1 aliphatic heterocycles. The van der Waals surface area contributed by atoms with E-state index in [4.69, 9.17) is 0 Å². The average Bonchev–Trinajstić information content (AvgIpc) is 2.23. The van der Waals surface area contributed by atoms with Gasteiger partial charge in [-0.3, -0.25) is 0 Å². The first-order chi connectivity index (χ1) is 6.86. The van der Waals surface area contributed by atoms with Crippen LogP contribution in [0.5, 0.6) is 0 Å². The van der Waals surface area contributed by atoms with E-state index < -0.39 is 0 Å². The van der Waals surface area contributed by atoms with Crippen molar-refractivity contribution in [3.63, 3.8) is 0 Å². The van der Waals surface area contributed by atoms with Gasteiger partial charge in [-0.2, -0.15) is 11.8 Å². The van der Waals surface area contributed by atoms with Gasteiger partial charge in [0.05, 0.1) is 6.10 Å². The maximum Gasteiger partial charge on any atom is 0.0693 e. The van der Waals surface area contributed by atoms with Crippen LogP contribution in [0, 0.1) is 0 Å². The fourth-order valence-corrected chi connectivity index (χ4v) is 3.58. The Morgan fingerprint density at radius 2 is 1.71 bits per heavy atom. The van der Waals surface area contributed by atoms with Crippen LogP contribution < -0.4 is 5.32 Å². The molecule has 1 aliphatic carbocycles. The Labute approximate surface area is 90.8 Å². The minimum absolute atomic E-state index is 0.0849. The van der Waals surface area contributed by atoms with Crippen LogP contribution in [0.2, 0.25) is 0 Å². The molecule has 0 aromatic rings. The van der Waals surface area contributed by atoms with Gasteiger partial charge in [-0.25, -0.2) is 0 Å². The first-order valence-corrected chi connectivity index (χ1v) is 7.03. The van der Waals surface area contributed by atoms with Crippen molar-refractivity contribution in [2.75, 3.05) is 11.5 Å². The van der Waals surface area contributed by atoms with E-state index in [1.54, 1.807) is 0 Å². The molecule has 0 amide bonds. The molecule has 2 nitrogen and oxygen atoms in total. The Balaban J connectivity index is 1.76. The molecule has 3 heteroatoms. The Morgan fingerprint density at radius 3 is 2.43 bits per heavy atom. The summed E-state index contributed by atoms with van der Waals surface area (Å²) >= 11 is 2.06. The summed E-state index contributed by atoms with van der Waals surface area (Å²) < 4.78 is 0. The quantitative estimate of drug-likeness (QED) is 0.736. The summed E-state index contributed by atoms with van der Waals surface area (Å²) in [7, 11) is 0. The minimum Gasteiger partial charge on any atom is -0.392 e. The van der Waals surface area contributed by atoms with E-state index in [1.807, 2.05) is 0 Å². The fourth-order valence-electron chi connectivity index (χ4n) is 2.47. The molecule has 2 rings (SSSR count). The van der Waals surface area contributed by atoms with Crippen LogP contribution in [0.25, 0.3) is 0 Å². The molecule has 82 valence electrons. The smallest absolute Gasteiger partial charge is 0.0693 e. The van der Waals surface area contributed by atoms with Gasteiger partial charge in [0.25, 0.3) is 0 Å². The third-order valence-electron chi connectivity index (χ3n) is 3.40. The van der Waals surface area contributed by atoms with Crippen LogP contribution in [0.4, 0.5) is 0 Å². The molecule has 2 aliphatic rings. The summed E-state index contributed by atoms with van der Waals surface area (Å²) in [4.78, 5) is 0. The van der Waals surface area contributed by atoms with Crippen molar-refractivity contribution in [2.24, 2.45) is 0 Å². The fraction of sp³-hybridized carbons (Fsp3) is 1.00. The monoisotopic (exact) mass is 215 g/mol. The highest BCUT2D eigenvalue weighted by Crippen LogP contribution is 2.22. The number of rotatable bonds is 2. The average molecular weight is 215 g/mol. The number of aliphatic hydroxyl groups is 1. The van der Waals surface area contributed by atoms with Gasteiger partial charge in [-0.15, -0.1) is 0 Å². The third kappa shape index (κ3) is 2.88. The van der Waals surface area contributed by atoms with E-state index >= 15 is 0 Å². The summed E-state index contributed by atoms with van der Waals surface area (Å²) in [6.45, 7) is 0. The van der Waals surface area contributed by atoms with Gasteiger partial charge in [0.2, 0.25) is 0 Å². The topological polar surface area (TPSA) is 32.3 Å². The van der Waals surface area contributed by atoms with E-state index in [9.17, 15) is 5.11 Å². The molecule has 2 N–H and O–H groups in total. The molecule has 1 saturated carbocycles. The van der Waals surface area contributed by atoms with Crippen molar-refractivity contribution >= 4 is 11.8 Å². The van der Waals surface area contributed by atoms with Gasteiger partial charge in [0.1, 0.15) is 0 Å². The van der Waals surface area contributed by atoms with Gasteiger partial charge in [-0.05, 0) is 37.2 Å². The number of thioether (sulfide) groups is 1. The number of aliphatic hydroxyl groups excluding tert-OH is 1. The van der Waals surface area contributed by atoms with Crippen molar-refractivity contribution < 1.29 is 5.11 Å². The van der Waals surface area contributed by atoms with Crippen LogP contribution in [-0.2, 0) is 0 Å². The molecule has 1 heterocycles. The van der Waals surface area contributed by atoms with Gasteiger partial charge in [-0.1, -0.05) is 12.8 Å². The van der Waals surface area contributed by atoms with E-state index in [-0.39, 0.29) is 6.10 Å². The lowest BCUT2D eigenvalue weighted by molar-refractivity contribution is 0.0841. The van der Waals surface area contributed by atoms with Crippen LogP contribution in [0.1, 0.15) is 38.5 Å². The first kappa shape index (κ1) is 10.8. The maximum absolute atomic E-state index is 9.83. The lowest BCUT2D eigenvalue weighted by Gasteiger charge is -2.33. The molecule has 14 heavy (non-hydrogen) atoms. The zero-order valence-corrected chi connectivity index (χ0v) is 9.56. The van der Waals surface area contributed by atoms with Gasteiger partial charge in [0.15, 0.2) is 0 Å². The summed E-state index contributed by atoms with van der Waals surface area (Å²) in [5.41, 5.74) is 0. The molecule has 0 bridgehead atoms. The van der Waals surface area contributed by atoms with Crippen LogP contribution >= 0.6 is 11.8 Å². The predicted octanol–water partition coefficient (Wildman–Crippen LogP) is 1.78. The second-order valence-electron chi connectivity index (χ2n) is 4.51. The van der Waals surface area contributed by atoms with Gasteiger partial charge in [0, 0.05) is 12.1 Å². The second-order valence-corrected chi connectivity index (χ2v) is 5.74. The molecule has 0 aromatic heterocycles. The third-order valence-corrected chi connectivity index (χ3v) is 4.45. The number of hydrogen-bond donors (Lipinski definition) is 2. The molecular formula is C11H21NOS. The molecular weight excluding hydrogens is 194 g/mol. The van der Waals surface area contributed by atoms with E-state index in [0.29, 0.717) is 12.1 Å². The molecule has 0 radical (unpaired) electrons. The highest BCUT2D eigenvalue weighted by Gasteiger charge is 2.25. The second kappa shape index (κ2) is 5.38. The van der Waals surface area contributed by atoms with Crippen LogP contribution in [-0.4, -0.2) is 34.8 Å². The molecule has 0 aromatic carbocycles. The molecule has 0 unspecified atom stereocenters. The Morgan fingerprint density at radius 1 is 1.00 bits per heavy atom. The van der Waals surface area contributed by atoms with E-state index in [0.717, 1.165) is 6.42 Å². The Hall–Kier alpha value is 0.270. The number of hydrogen-bond acceptors (Lipinski definition) is 3. The zero-order chi connectivity index (χ0) is 9.80. The van der Waals surface area contributed by atoms with Crippen LogP contribution in [0.15, 0.2) is 0 Å². The lowest BCUT2D eigenvalue weighted by Crippen LogP contribution is -2.48. The number of nitrogens with one attached hydrogen (secondary N) is 1. The predicted molar refractivity (Wildman–Crippen MR) is 61.7 cm³/mol. The highest BCUT2D eigenvalue weighted by atomic mass is 32.2. The van der Waals surface area contributed by atoms with Crippen molar-refractivity contribution in [1.29, 1.82) is 0 Å². The minimum atomic E-state index is -0.0849. The zero-order valence-electron chi connectivity index (χ0n) is 8.74. The highest BCUT2D eigenvalue weighted by molar-refractivity contribution is 7.99. The normalized spacial score (nSPS) is 35.8. The van der Waals surface area contributed by atoms with Crippen LogP contribution in [0.3, 0.4) is 0 Å². The van der Waals surface area contributed by atoms with Gasteiger partial charge >= 0.3 is 0 Å². The van der Waals surface area contributed by atoms with Crippen molar-refractivity contribution in [1.82, 2.24) is 5.32 Å². The summed E-state index contributed by atoms with van der Waals surface area (Å²) in [5.74, 6) is 2.58.